The Hall–Kier alpha value is -0.580. The van der Waals surface area contributed by atoms with Crippen molar-refractivity contribution in [2.75, 3.05) is 6.61 Å². The molecule has 1 aromatic carbocycles. The van der Waals surface area contributed by atoms with Crippen LogP contribution < -0.4 is 4.74 Å². The number of rotatable bonds is 3. The van der Waals surface area contributed by atoms with E-state index in [9.17, 15) is 4.39 Å². The molecular weight excluding hydrogens is 270 g/mol. The minimum absolute atomic E-state index is 0.277. The van der Waals surface area contributed by atoms with Crippen LogP contribution in [0, 0.1) is 9.39 Å². The van der Waals surface area contributed by atoms with Gasteiger partial charge < -0.3 is 4.74 Å². The lowest BCUT2D eigenvalue weighted by atomic mass is 10.3. The second-order valence-corrected chi connectivity index (χ2v) is 3.45. The zero-order valence-electron chi connectivity index (χ0n) is 6.39. The van der Waals surface area contributed by atoms with Gasteiger partial charge in [-0.15, -0.1) is 0 Å². The van der Waals surface area contributed by atoms with Crippen molar-refractivity contribution in [3.8, 4) is 5.75 Å². The first-order valence-corrected chi connectivity index (χ1v) is 4.50. The zero-order valence-corrected chi connectivity index (χ0v) is 8.55. The van der Waals surface area contributed by atoms with Gasteiger partial charge >= 0.3 is 0 Å². The lowest BCUT2D eigenvalue weighted by Crippen LogP contribution is -1.93. The molecule has 0 aromatic heterocycles. The first-order chi connectivity index (χ1) is 5.72. The molecule has 1 aromatic rings. The fourth-order valence-corrected chi connectivity index (χ4v) is 1.37. The highest BCUT2D eigenvalue weighted by Crippen LogP contribution is 2.17. The maximum absolute atomic E-state index is 12.7. The molecule has 0 bridgehead atoms. The Balaban J connectivity index is 2.78. The fraction of sp³-hybridized carbons (Fsp3) is 0.111. The van der Waals surface area contributed by atoms with Crippen LogP contribution in [0.4, 0.5) is 4.39 Å². The lowest BCUT2D eigenvalue weighted by Gasteiger charge is -2.02. The van der Waals surface area contributed by atoms with Crippen LogP contribution in [0.2, 0.25) is 0 Å². The van der Waals surface area contributed by atoms with Crippen LogP contribution in [0.1, 0.15) is 0 Å². The molecule has 0 saturated heterocycles. The quantitative estimate of drug-likeness (QED) is 0.610. The van der Waals surface area contributed by atoms with Crippen molar-refractivity contribution in [2.45, 2.75) is 0 Å². The first-order valence-electron chi connectivity index (χ1n) is 3.42. The molecule has 1 rings (SSSR count). The van der Waals surface area contributed by atoms with E-state index in [0.717, 1.165) is 3.57 Å². The van der Waals surface area contributed by atoms with Gasteiger partial charge in [0.2, 0.25) is 0 Å². The summed E-state index contributed by atoms with van der Waals surface area (Å²) in [5.74, 6) is 0.264. The molecule has 0 saturated carbocycles. The predicted octanol–water partition coefficient (Wildman–Crippen LogP) is 3.00. The number of hydrogen-bond acceptors (Lipinski definition) is 1. The summed E-state index contributed by atoms with van der Waals surface area (Å²) in [6.07, 6.45) is 1.62. The smallest absolute Gasteiger partial charge is 0.127 e. The largest absolute Gasteiger partial charge is 0.489 e. The molecule has 0 aliphatic heterocycles. The number of benzene rings is 1. The highest BCUT2D eigenvalue weighted by Gasteiger charge is 1.97. The maximum Gasteiger partial charge on any atom is 0.127 e. The molecule has 0 fully saturated rings. The maximum atomic E-state index is 12.7. The van der Waals surface area contributed by atoms with Gasteiger partial charge in [0.25, 0.3) is 0 Å². The van der Waals surface area contributed by atoms with Crippen molar-refractivity contribution in [1.82, 2.24) is 0 Å². The van der Waals surface area contributed by atoms with Crippen LogP contribution in [0.15, 0.2) is 30.9 Å². The van der Waals surface area contributed by atoms with Crippen LogP contribution in [0.5, 0.6) is 5.75 Å². The van der Waals surface area contributed by atoms with Crippen molar-refractivity contribution in [3.05, 3.63) is 40.2 Å². The van der Waals surface area contributed by atoms with Crippen LogP contribution in [-0.2, 0) is 0 Å². The molecule has 0 aliphatic rings. The van der Waals surface area contributed by atoms with Crippen molar-refractivity contribution < 1.29 is 9.13 Å². The molecule has 0 heterocycles. The molecule has 0 atom stereocenters. The summed E-state index contributed by atoms with van der Waals surface area (Å²) < 4.78 is 18.7. The Bertz CT molecular complexity index is 266. The molecule has 0 aliphatic carbocycles. The molecule has 1 nitrogen and oxygen atoms in total. The van der Waals surface area contributed by atoms with E-state index in [1.54, 1.807) is 12.1 Å². The summed E-state index contributed by atoms with van der Waals surface area (Å²) in [6, 6.07) is 4.57. The fourth-order valence-electron chi connectivity index (χ4n) is 0.767. The van der Waals surface area contributed by atoms with Crippen molar-refractivity contribution >= 4 is 22.6 Å². The van der Waals surface area contributed by atoms with E-state index >= 15 is 0 Å². The molecule has 0 N–H and O–H groups in total. The average Bonchev–Trinajstić information content (AvgIpc) is 1.99. The standard InChI is InChI=1S/C9H8FIO/c1-2-3-12-9-5-7(10)4-8(11)6-9/h2,4-6H,1,3H2. The summed E-state index contributed by atoms with van der Waals surface area (Å²) in [6.45, 7) is 3.90. The number of hydrogen-bond donors (Lipinski definition) is 0. The Kier molecular flexibility index (Phi) is 3.52. The third kappa shape index (κ3) is 2.81. The van der Waals surface area contributed by atoms with E-state index in [4.69, 9.17) is 4.74 Å². The summed E-state index contributed by atoms with van der Waals surface area (Å²) in [5.41, 5.74) is 0. The average molecular weight is 278 g/mol. The highest BCUT2D eigenvalue weighted by molar-refractivity contribution is 14.1. The van der Waals surface area contributed by atoms with E-state index in [0.29, 0.717) is 12.4 Å². The zero-order chi connectivity index (χ0) is 8.97. The van der Waals surface area contributed by atoms with Gasteiger partial charge in [0.05, 0.1) is 0 Å². The third-order valence-corrected chi connectivity index (χ3v) is 1.83. The van der Waals surface area contributed by atoms with E-state index < -0.39 is 0 Å². The topological polar surface area (TPSA) is 9.23 Å². The summed E-state index contributed by atoms with van der Waals surface area (Å²) >= 11 is 2.04. The van der Waals surface area contributed by atoms with Crippen LogP contribution >= 0.6 is 22.6 Å². The Labute approximate surface area is 84.4 Å². The second-order valence-electron chi connectivity index (χ2n) is 2.20. The monoisotopic (exact) mass is 278 g/mol. The van der Waals surface area contributed by atoms with Crippen molar-refractivity contribution in [1.29, 1.82) is 0 Å². The van der Waals surface area contributed by atoms with E-state index in [1.165, 1.54) is 12.1 Å². The van der Waals surface area contributed by atoms with Gasteiger partial charge in [-0.25, -0.2) is 4.39 Å². The minimum atomic E-state index is -0.277. The number of ether oxygens (including phenoxy) is 1. The Morgan fingerprint density at radius 1 is 1.50 bits per heavy atom. The van der Waals surface area contributed by atoms with Crippen molar-refractivity contribution in [3.63, 3.8) is 0 Å². The van der Waals surface area contributed by atoms with E-state index in [-0.39, 0.29) is 5.82 Å². The van der Waals surface area contributed by atoms with Gasteiger partial charge in [-0.3, -0.25) is 0 Å². The van der Waals surface area contributed by atoms with Gasteiger partial charge in [0, 0.05) is 9.64 Å². The molecule has 3 heteroatoms. The lowest BCUT2D eigenvalue weighted by molar-refractivity contribution is 0.360. The highest BCUT2D eigenvalue weighted by atomic mass is 127. The summed E-state index contributed by atoms with van der Waals surface area (Å²) in [7, 11) is 0. The van der Waals surface area contributed by atoms with Crippen LogP contribution in [-0.4, -0.2) is 6.61 Å². The molecule has 12 heavy (non-hydrogen) atoms. The van der Waals surface area contributed by atoms with Crippen molar-refractivity contribution in [2.24, 2.45) is 0 Å². The van der Waals surface area contributed by atoms with Crippen LogP contribution in [0.3, 0.4) is 0 Å². The minimum Gasteiger partial charge on any atom is -0.489 e. The molecule has 0 spiro atoms. The van der Waals surface area contributed by atoms with Gasteiger partial charge in [0.1, 0.15) is 18.2 Å². The van der Waals surface area contributed by atoms with Gasteiger partial charge in [-0.2, -0.15) is 0 Å². The molecule has 64 valence electrons. The molecular formula is C9H8FIO. The number of halogens is 2. The first kappa shape index (κ1) is 9.51. The third-order valence-electron chi connectivity index (χ3n) is 1.20. The summed E-state index contributed by atoms with van der Waals surface area (Å²) in [4.78, 5) is 0. The Morgan fingerprint density at radius 3 is 2.83 bits per heavy atom. The van der Waals surface area contributed by atoms with E-state index in [2.05, 4.69) is 6.58 Å². The normalized spacial score (nSPS) is 9.50. The summed E-state index contributed by atoms with van der Waals surface area (Å²) in [5, 5.41) is 0. The Morgan fingerprint density at radius 2 is 2.25 bits per heavy atom. The second kappa shape index (κ2) is 4.45. The van der Waals surface area contributed by atoms with Crippen LogP contribution in [0.25, 0.3) is 0 Å². The molecule has 0 amide bonds. The van der Waals surface area contributed by atoms with Gasteiger partial charge in [-0.05, 0) is 34.7 Å². The molecule has 0 radical (unpaired) electrons. The van der Waals surface area contributed by atoms with Gasteiger partial charge in [-0.1, -0.05) is 12.7 Å². The van der Waals surface area contributed by atoms with Gasteiger partial charge in [0.15, 0.2) is 0 Å². The predicted molar refractivity (Wildman–Crippen MR) is 54.8 cm³/mol. The van der Waals surface area contributed by atoms with E-state index in [1.807, 2.05) is 22.6 Å². The molecule has 0 unspecified atom stereocenters. The SMILES string of the molecule is C=CCOc1cc(F)cc(I)c1.